The molecular weight excluding hydrogens is 739 g/mol. The fourth-order valence-electron chi connectivity index (χ4n) is 9.30. The maximum absolute atomic E-state index is 14.1. The molecule has 5 rings (SSSR count). The summed E-state index contributed by atoms with van der Waals surface area (Å²) in [5, 5.41) is 47.1. The number of hydrogen-bond donors (Lipinski definition) is 4. The van der Waals surface area contributed by atoms with Gasteiger partial charge in [-0.25, -0.2) is 0 Å². The predicted octanol–water partition coefficient (Wildman–Crippen LogP) is 8.65. The molecular formula is C47H69NO10. The summed E-state index contributed by atoms with van der Waals surface area (Å²) >= 11 is 0. The summed E-state index contributed by atoms with van der Waals surface area (Å²) in [5.41, 5.74) is -2.81. The van der Waals surface area contributed by atoms with Gasteiger partial charge in [0.2, 0.25) is 5.78 Å². The summed E-state index contributed by atoms with van der Waals surface area (Å²) in [6.45, 7) is 9.15. The van der Waals surface area contributed by atoms with Crippen molar-refractivity contribution in [3.8, 4) is 17.2 Å². The first kappa shape index (κ1) is 45.7. The van der Waals surface area contributed by atoms with E-state index >= 15 is 0 Å². The molecule has 2 aromatic carbocycles. The molecule has 3 aliphatic rings. The molecule has 0 aromatic heterocycles. The average Bonchev–Trinajstić information content (AvgIpc) is 3.20. The Morgan fingerprint density at radius 3 is 1.93 bits per heavy atom. The van der Waals surface area contributed by atoms with E-state index in [9.17, 15) is 34.8 Å². The summed E-state index contributed by atoms with van der Waals surface area (Å²) in [5.74, 6) is -2.96. The lowest BCUT2D eigenvalue weighted by Gasteiger charge is -2.45. The first-order valence-electron chi connectivity index (χ1n) is 22.2. The van der Waals surface area contributed by atoms with Crippen LogP contribution in [-0.4, -0.2) is 93.0 Å². The molecule has 58 heavy (non-hydrogen) atoms. The van der Waals surface area contributed by atoms with Crippen LogP contribution in [0.3, 0.4) is 0 Å². The van der Waals surface area contributed by atoms with Crippen LogP contribution in [0, 0.1) is 0 Å². The summed E-state index contributed by atoms with van der Waals surface area (Å²) in [6.07, 6.45) is 15.2. The Hall–Kier alpha value is -3.35. The average molecular weight is 808 g/mol. The van der Waals surface area contributed by atoms with Crippen molar-refractivity contribution >= 4 is 17.3 Å². The van der Waals surface area contributed by atoms with E-state index in [4.69, 9.17) is 14.2 Å². The zero-order valence-electron chi connectivity index (χ0n) is 35.7. The fraction of sp³-hybridized carbons (Fsp3) is 0.681. The second kappa shape index (κ2) is 21.3. The van der Waals surface area contributed by atoms with Crippen LogP contribution in [0.4, 0.5) is 0 Å². The van der Waals surface area contributed by atoms with Crippen molar-refractivity contribution in [3.05, 3.63) is 51.6 Å². The quantitative estimate of drug-likeness (QED) is 0.0536. The number of fused-ring (bicyclic) bond motifs is 3. The van der Waals surface area contributed by atoms with Crippen LogP contribution >= 0.6 is 0 Å². The summed E-state index contributed by atoms with van der Waals surface area (Å²) in [4.78, 5) is 43.4. The third-order valence-electron chi connectivity index (χ3n) is 12.8. The number of rotatable bonds is 23. The van der Waals surface area contributed by atoms with Crippen LogP contribution in [0.2, 0.25) is 0 Å². The highest BCUT2D eigenvalue weighted by atomic mass is 16.7. The zero-order valence-corrected chi connectivity index (χ0v) is 35.7. The molecule has 4 N–H and O–H groups in total. The van der Waals surface area contributed by atoms with E-state index in [1.807, 2.05) is 0 Å². The Morgan fingerprint density at radius 2 is 1.38 bits per heavy atom. The minimum Gasteiger partial charge on any atom is -0.507 e. The van der Waals surface area contributed by atoms with E-state index in [1.54, 1.807) is 19.1 Å². The number of aliphatic hydroxyl groups is 2. The number of aromatic hydroxyl groups is 2. The molecule has 1 saturated heterocycles. The number of unbranched alkanes of at least 4 members (excludes halogenated alkanes) is 14. The number of ketones is 3. The second-order valence-corrected chi connectivity index (χ2v) is 17.0. The lowest BCUT2D eigenvalue weighted by Crippen LogP contribution is -2.56. The Morgan fingerprint density at radius 1 is 0.828 bits per heavy atom. The van der Waals surface area contributed by atoms with Gasteiger partial charge in [-0.05, 0) is 45.8 Å². The van der Waals surface area contributed by atoms with E-state index in [2.05, 4.69) is 18.7 Å². The number of phenols is 2. The third-order valence-corrected chi connectivity index (χ3v) is 12.8. The normalized spacial score (nSPS) is 24.1. The van der Waals surface area contributed by atoms with E-state index in [1.165, 1.54) is 97.1 Å². The molecule has 11 heteroatoms. The Bertz CT molecular complexity index is 1710. The van der Waals surface area contributed by atoms with Crippen molar-refractivity contribution in [3.63, 3.8) is 0 Å². The molecule has 0 bridgehead atoms. The molecule has 1 heterocycles. The maximum atomic E-state index is 14.1. The SMILES string of the molecule is CCCCCCCCCCN(CCCCCCCCCC)[C@H]1C[C@H](O[C@H]2C[C@](O)(C(C)=O)Cc3c(O)c4c(c(O)c32)C(=O)c2c(OC)cccc2C4=O)O[C@@H](C)[C@H]1O. The molecule has 0 spiro atoms. The number of methoxy groups -OCH3 is 1. The molecule has 2 aromatic rings. The number of benzene rings is 2. The molecule has 1 aliphatic heterocycles. The number of phenolic OH excluding ortho intramolecular Hbond substituents is 2. The van der Waals surface area contributed by atoms with Gasteiger partial charge in [-0.1, -0.05) is 116 Å². The fourth-order valence-corrected chi connectivity index (χ4v) is 9.30. The number of aliphatic hydroxyl groups excluding tert-OH is 1. The Labute approximate surface area is 345 Å². The van der Waals surface area contributed by atoms with E-state index in [0.717, 1.165) is 38.8 Å². The molecule has 322 valence electrons. The minimum absolute atomic E-state index is 0.00892. The highest BCUT2D eigenvalue weighted by Gasteiger charge is 2.50. The van der Waals surface area contributed by atoms with Gasteiger partial charge < -0.3 is 34.6 Å². The standard InChI is InChI=1S/C47H69NO10/c1-6-8-10-12-14-16-18-20-25-48(26-21-19-17-15-13-11-9-7-2)34-27-37(57-30(3)42(34)50)58-36-29-47(55,31(4)49)28-33-39(36)46(54)41-40(44(33)52)43(51)32-23-22-24-35(56-5)38(32)45(41)53/h22-24,30,34,36-37,42,50,52,54-55H,6-21,25-29H2,1-5H3/t30-,34-,36-,37-,42+,47-/m0/s1. The molecule has 0 saturated carbocycles. The van der Waals surface area contributed by atoms with Gasteiger partial charge in [0.15, 0.2) is 17.9 Å². The van der Waals surface area contributed by atoms with Crippen molar-refractivity contribution in [1.29, 1.82) is 0 Å². The summed E-state index contributed by atoms with van der Waals surface area (Å²) in [7, 11) is 1.38. The van der Waals surface area contributed by atoms with Crippen molar-refractivity contribution < 1.29 is 49.0 Å². The van der Waals surface area contributed by atoms with E-state index < -0.39 is 71.0 Å². The van der Waals surface area contributed by atoms with Crippen LogP contribution in [0.15, 0.2) is 18.2 Å². The van der Waals surface area contributed by atoms with Crippen LogP contribution in [0.1, 0.15) is 192 Å². The second-order valence-electron chi connectivity index (χ2n) is 17.0. The van der Waals surface area contributed by atoms with Gasteiger partial charge in [0.1, 0.15) is 22.8 Å². The van der Waals surface area contributed by atoms with Crippen LogP contribution in [0.5, 0.6) is 17.2 Å². The molecule has 6 atom stereocenters. The van der Waals surface area contributed by atoms with Crippen LogP contribution < -0.4 is 4.74 Å². The predicted molar refractivity (Wildman–Crippen MR) is 223 cm³/mol. The molecule has 11 nitrogen and oxygen atoms in total. The molecule has 0 radical (unpaired) electrons. The number of carbonyl (C=O) groups is 3. The number of Topliss-reactive ketones (excluding diaryl/α,β-unsaturated/α-hetero) is 1. The number of carbonyl (C=O) groups excluding carboxylic acids is 3. The van der Waals surface area contributed by atoms with Gasteiger partial charge >= 0.3 is 0 Å². The van der Waals surface area contributed by atoms with Gasteiger partial charge in [0.25, 0.3) is 0 Å². The minimum atomic E-state index is -2.00. The van der Waals surface area contributed by atoms with Gasteiger partial charge in [0, 0.05) is 42.0 Å². The highest BCUT2D eigenvalue weighted by Crippen LogP contribution is 2.52. The maximum Gasteiger partial charge on any atom is 0.202 e. The Balaban J connectivity index is 1.40. The van der Waals surface area contributed by atoms with E-state index in [-0.39, 0.29) is 52.5 Å². The number of hydrogen-bond acceptors (Lipinski definition) is 11. The zero-order chi connectivity index (χ0) is 42.0. The van der Waals surface area contributed by atoms with E-state index in [0.29, 0.717) is 0 Å². The van der Waals surface area contributed by atoms with Crippen LogP contribution in [-0.2, 0) is 20.7 Å². The molecule has 0 unspecified atom stereocenters. The topological polar surface area (TPSA) is 163 Å². The number of ether oxygens (including phenoxy) is 3. The summed E-state index contributed by atoms with van der Waals surface area (Å²) in [6, 6.07) is 4.26. The van der Waals surface area contributed by atoms with Crippen molar-refractivity contribution in [2.45, 2.75) is 186 Å². The Kier molecular flexibility index (Phi) is 16.8. The van der Waals surface area contributed by atoms with Crippen molar-refractivity contribution in [2.24, 2.45) is 0 Å². The van der Waals surface area contributed by atoms with Gasteiger partial charge in [-0.2, -0.15) is 0 Å². The van der Waals surface area contributed by atoms with Gasteiger partial charge in [-0.15, -0.1) is 0 Å². The molecule has 0 amide bonds. The third kappa shape index (κ3) is 10.3. The number of nitrogens with zero attached hydrogens (tertiary/aromatic N) is 1. The van der Waals surface area contributed by atoms with Gasteiger partial charge in [0.05, 0.1) is 42.1 Å². The van der Waals surface area contributed by atoms with Crippen LogP contribution in [0.25, 0.3) is 0 Å². The largest absolute Gasteiger partial charge is 0.507 e. The van der Waals surface area contributed by atoms with Crippen molar-refractivity contribution in [2.75, 3.05) is 20.2 Å². The molecule has 1 fully saturated rings. The first-order valence-corrected chi connectivity index (χ1v) is 22.2. The van der Waals surface area contributed by atoms with Crippen molar-refractivity contribution in [1.82, 2.24) is 4.90 Å². The lowest BCUT2D eigenvalue weighted by molar-refractivity contribution is -0.258. The molecule has 2 aliphatic carbocycles. The van der Waals surface area contributed by atoms with Gasteiger partial charge in [-0.3, -0.25) is 19.3 Å². The summed E-state index contributed by atoms with van der Waals surface area (Å²) < 4.78 is 18.3. The first-order chi connectivity index (χ1) is 27.9. The smallest absolute Gasteiger partial charge is 0.202 e. The highest BCUT2D eigenvalue weighted by molar-refractivity contribution is 6.31. The monoisotopic (exact) mass is 807 g/mol. The lowest BCUT2D eigenvalue weighted by atomic mass is 9.72.